The van der Waals surface area contributed by atoms with E-state index >= 15 is 0 Å². The molecular weight excluding hydrogens is 222 g/mol. The Morgan fingerprint density at radius 2 is 2.06 bits per heavy atom. The number of alkyl carbamates (subject to hydrolysis) is 1. The quantitative estimate of drug-likeness (QED) is 0.762. The molecule has 0 bridgehead atoms. The van der Waals surface area contributed by atoms with E-state index in [9.17, 15) is 9.59 Å². The lowest BCUT2D eigenvalue weighted by atomic mass is 10.1. The van der Waals surface area contributed by atoms with Crippen molar-refractivity contribution in [1.29, 1.82) is 0 Å². The largest absolute Gasteiger partial charge is 0.479 e. The molecule has 0 saturated carbocycles. The maximum absolute atomic E-state index is 11.2. The molecule has 1 rings (SSSR count). The Morgan fingerprint density at radius 3 is 2.59 bits per heavy atom. The number of benzene rings is 1. The van der Waals surface area contributed by atoms with Crippen LogP contribution >= 0.6 is 0 Å². The third-order valence-electron chi connectivity index (χ3n) is 1.97. The van der Waals surface area contributed by atoms with Gasteiger partial charge in [0.05, 0.1) is 0 Å². The first kappa shape index (κ1) is 12.8. The fourth-order valence-electron chi connectivity index (χ4n) is 1.23. The Morgan fingerprint density at radius 1 is 1.41 bits per heavy atom. The highest BCUT2D eigenvalue weighted by Crippen LogP contribution is 2.12. The van der Waals surface area contributed by atoms with Crippen molar-refractivity contribution in [3.63, 3.8) is 0 Å². The molecule has 2 N–H and O–H groups in total. The topological polar surface area (TPSA) is 75.6 Å². The number of amides is 1. The molecule has 0 aliphatic rings. The summed E-state index contributed by atoms with van der Waals surface area (Å²) in [7, 11) is 0. The van der Waals surface area contributed by atoms with Crippen LogP contribution in [0.3, 0.4) is 0 Å². The minimum Gasteiger partial charge on any atom is -0.479 e. The highest BCUT2D eigenvalue weighted by atomic mass is 16.5. The van der Waals surface area contributed by atoms with Crippen LogP contribution in [0, 0.1) is 0 Å². The maximum atomic E-state index is 11.2. The predicted molar refractivity (Wildman–Crippen MR) is 61.5 cm³/mol. The smallest absolute Gasteiger partial charge is 0.408 e. The Bertz CT molecular complexity index is 402. The molecule has 0 aromatic heterocycles. The van der Waals surface area contributed by atoms with Crippen LogP contribution in [0.1, 0.15) is 11.6 Å². The van der Waals surface area contributed by atoms with E-state index in [-0.39, 0.29) is 6.61 Å². The molecule has 0 spiro atoms. The van der Waals surface area contributed by atoms with E-state index in [1.54, 1.807) is 30.3 Å². The van der Waals surface area contributed by atoms with E-state index in [1.807, 2.05) is 0 Å². The third-order valence-corrected chi connectivity index (χ3v) is 1.97. The number of nitrogens with one attached hydrogen (secondary N) is 1. The van der Waals surface area contributed by atoms with Crippen molar-refractivity contribution >= 4 is 12.1 Å². The van der Waals surface area contributed by atoms with Gasteiger partial charge in [-0.1, -0.05) is 43.0 Å². The first-order chi connectivity index (χ1) is 8.15. The third kappa shape index (κ3) is 3.98. The molecule has 90 valence electrons. The first-order valence-corrected chi connectivity index (χ1v) is 4.97. The summed E-state index contributed by atoms with van der Waals surface area (Å²) >= 11 is 0. The zero-order chi connectivity index (χ0) is 12.7. The van der Waals surface area contributed by atoms with Gasteiger partial charge in [0, 0.05) is 0 Å². The Hall–Kier alpha value is -2.30. The molecule has 5 nitrogen and oxygen atoms in total. The van der Waals surface area contributed by atoms with Crippen LogP contribution < -0.4 is 5.32 Å². The number of ether oxygens (including phenoxy) is 1. The number of carboxylic acids is 1. The first-order valence-electron chi connectivity index (χ1n) is 4.97. The monoisotopic (exact) mass is 235 g/mol. The molecule has 0 saturated heterocycles. The SMILES string of the molecule is C=CCOC(=O)N[C@@H](C(=O)O)c1ccccc1. The van der Waals surface area contributed by atoms with Crippen molar-refractivity contribution in [2.75, 3.05) is 6.61 Å². The summed E-state index contributed by atoms with van der Waals surface area (Å²) in [6.45, 7) is 3.42. The van der Waals surface area contributed by atoms with Crippen molar-refractivity contribution in [2.24, 2.45) is 0 Å². The minimum absolute atomic E-state index is 0.0347. The van der Waals surface area contributed by atoms with Crippen molar-refractivity contribution in [2.45, 2.75) is 6.04 Å². The molecule has 17 heavy (non-hydrogen) atoms. The van der Waals surface area contributed by atoms with Crippen molar-refractivity contribution in [3.8, 4) is 0 Å². The van der Waals surface area contributed by atoms with Gasteiger partial charge in [-0.05, 0) is 5.56 Å². The summed E-state index contributed by atoms with van der Waals surface area (Å²) < 4.78 is 4.66. The molecule has 1 atom stereocenters. The lowest BCUT2D eigenvalue weighted by Gasteiger charge is -2.14. The molecule has 0 aliphatic carbocycles. The van der Waals surface area contributed by atoms with Gasteiger partial charge in [-0.15, -0.1) is 0 Å². The van der Waals surface area contributed by atoms with Gasteiger partial charge in [-0.2, -0.15) is 0 Å². The lowest BCUT2D eigenvalue weighted by molar-refractivity contribution is -0.139. The molecule has 1 aromatic carbocycles. The molecule has 0 heterocycles. The van der Waals surface area contributed by atoms with Crippen LogP contribution in [0.5, 0.6) is 0 Å². The van der Waals surface area contributed by atoms with Gasteiger partial charge < -0.3 is 15.2 Å². The molecule has 0 fully saturated rings. The molecule has 1 amide bonds. The highest BCUT2D eigenvalue weighted by molar-refractivity contribution is 5.81. The summed E-state index contributed by atoms with van der Waals surface area (Å²) in [5.41, 5.74) is 0.482. The van der Waals surface area contributed by atoms with E-state index in [2.05, 4.69) is 16.6 Å². The van der Waals surface area contributed by atoms with Crippen LogP contribution in [0.4, 0.5) is 4.79 Å². The van der Waals surface area contributed by atoms with E-state index in [1.165, 1.54) is 6.08 Å². The van der Waals surface area contributed by atoms with Crippen molar-refractivity contribution in [3.05, 3.63) is 48.6 Å². The average molecular weight is 235 g/mol. The molecule has 1 aromatic rings. The molecule has 0 radical (unpaired) electrons. The number of hydrogen-bond acceptors (Lipinski definition) is 3. The average Bonchev–Trinajstić information content (AvgIpc) is 2.34. The van der Waals surface area contributed by atoms with Crippen molar-refractivity contribution in [1.82, 2.24) is 5.32 Å². The predicted octanol–water partition coefficient (Wildman–Crippen LogP) is 1.72. The van der Waals surface area contributed by atoms with Crippen LogP contribution in [0.2, 0.25) is 0 Å². The van der Waals surface area contributed by atoms with Gasteiger partial charge in [-0.3, -0.25) is 0 Å². The molecular formula is C12H13NO4. The molecule has 0 unspecified atom stereocenters. The van der Waals surface area contributed by atoms with Crippen LogP contribution in [-0.4, -0.2) is 23.8 Å². The number of carbonyl (C=O) groups is 2. The normalized spacial score (nSPS) is 11.3. The fraction of sp³-hybridized carbons (Fsp3) is 0.167. The maximum Gasteiger partial charge on any atom is 0.408 e. The van der Waals surface area contributed by atoms with E-state index in [0.717, 1.165) is 0 Å². The van der Waals surface area contributed by atoms with Gasteiger partial charge in [0.25, 0.3) is 0 Å². The number of hydrogen-bond donors (Lipinski definition) is 2. The van der Waals surface area contributed by atoms with Gasteiger partial charge in [0.1, 0.15) is 6.61 Å². The van der Waals surface area contributed by atoms with Crippen LogP contribution in [0.25, 0.3) is 0 Å². The van der Waals surface area contributed by atoms with Crippen molar-refractivity contribution < 1.29 is 19.4 Å². The van der Waals surface area contributed by atoms with Gasteiger partial charge in [0.15, 0.2) is 6.04 Å². The fourth-order valence-corrected chi connectivity index (χ4v) is 1.23. The number of aliphatic carboxylic acids is 1. The van der Waals surface area contributed by atoms with E-state index in [4.69, 9.17) is 5.11 Å². The van der Waals surface area contributed by atoms with Gasteiger partial charge >= 0.3 is 12.1 Å². The zero-order valence-corrected chi connectivity index (χ0v) is 9.13. The summed E-state index contributed by atoms with van der Waals surface area (Å²) in [4.78, 5) is 22.3. The second kappa shape index (κ2) is 6.32. The van der Waals surface area contributed by atoms with E-state index < -0.39 is 18.1 Å². The van der Waals surface area contributed by atoms with Gasteiger partial charge in [-0.25, -0.2) is 9.59 Å². The zero-order valence-electron chi connectivity index (χ0n) is 9.13. The highest BCUT2D eigenvalue weighted by Gasteiger charge is 2.22. The van der Waals surface area contributed by atoms with E-state index in [0.29, 0.717) is 5.56 Å². The minimum atomic E-state index is -1.15. The molecule has 0 aliphatic heterocycles. The summed E-state index contributed by atoms with van der Waals surface area (Å²) in [5.74, 6) is -1.15. The second-order valence-electron chi connectivity index (χ2n) is 3.21. The second-order valence-corrected chi connectivity index (χ2v) is 3.21. The Kier molecular flexibility index (Phi) is 4.75. The summed E-state index contributed by atoms with van der Waals surface area (Å²) in [5, 5.41) is 11.3. The Balaban J connectivity index is 2.71. The summed E-state index contributed by atoms with van der Waals surface area (Å²) in [6, 6.07) is 7.27. The number of rotatable bonds is 5. The van der Waals surface area contributed by atoms with Crippen LogP contribution in [-0.2, 0) is 9.53 Å². The van der Waals surface area contributed by atoms with Gasteiger partial charge in [0.2, 0.25) is 0 Å². The summed E-state index contributed by atoms with van der Waals surface area (Å²) in [6.07, 6.45) is 0.610. The number of carbonyl (C=O) groups excluding carboxylic acids is 1. The van der Waals surface area contributed by atoms with Crippen LogP contribution in [0.15, 0.2) is 43.0 Å². The lowest BCUT2D eigenvalue weighted by Crippen LogP contribution is -2.34. The standard InChI is InChI=1S/C12H13NO4/c1-2-8-17-12(16)13-10(11(14)15)9-6-4-3-5-7-9/h2-7,10H,1,8H2,(H,13,16)(H,14,15)/t10-/m1/s1. The number of carboxylic acid groups (broad SMARTS) is 1. The molecule has 5 heteroatoms. The Labute approximate surface area is 98.7 Å².